The standard InChI is InChI=1S/C28H36O6/c1-15(21-14-25(2)27(4,34-25)24(31)33-21)16-7-9-18-17(12-16)8-10-20-19(18)13-23(30)28(32)11-5-6-22(29)26(20,28)3/h5-7,9,12,15,19-21,23-24,30-32H,8,10-11,13-14H2,1-4H3/t15-,19-,20-,21+,23-,24+,25-,26-,27+,28-/m0/s1. The first-order valence-electron chi connectivity index (χ1n) is 12.7. The highest BCUT2D eigenvalue weighted by atomic mass is 16.7. The van der Waals surface area contributed by atoms with Gasteiger partial charge < -0.3 is 24.8 Å². The maximum absolute atomic E-state index is 13.1. The first kappa shape index (κ1) is 22.9. The Bertz CT molecular complexity index is 1080. The molecule has 0 radical (unpaired) electrons. The van der Waals surface area contributed by atoms with E-state index < -0.39 is 29.0 Å². The van der Waals surface area contributed by atoms with Crippen molar-refractivity contribution < 1.29 is 29.6 Å². The molecular formula is C28H36O6. The van der Waals surface area contributed by atoms with Gasteiger partial charge in [-0.1, -0.05) is 31.2 Å². The lowest BCUT2D eigenvalue weighted by Crippen LogP contribution is -2.67. The molecule has 0 aromatic heterocycles. The fourth-order valence-electron chi connectivity index (χ4n) is 7.80. The number of aliphatic hydroxyl groups is 3. The van der Waals surface area contributed by atoms with E-state index in [1.54, 1.807) is 12.2 Å². The van der Waals surface area contributed by atoms with Crippen LogP contribution in [0.15, 0.2) is 30.4 Å². The van der Waals surface area contributed by atoms with Crippen molar-refractivity contribution in [1.82, 2.24) is 0 Å². The Morgan fingerprint density at radius 3 is 2.68 bits per heavy atom. The average Bonchev–Trinajstić information content (AvgIpc) is 3.38. The predicted molar refractivity (Wildman–Crippen MR) is 125 cm³/mol. The Morgan fingerprint density at radius 2 is 1.94 bits per heavy atom. The maximum atomic E-state index is 13.1. The number of hydrogen-bond donors (Lipinski definition) is 3. The number of ketones is 1. The SMILES string of the molecule is C[C@@H](c1ccc2c(c1)CC[C@H]1[C@H]2C[C@H](O)[C@@]2(O)CC=CC(=O)[C@]12C)[C@H]1C[C@]2(C)O[C@]2(C)[C@H](O)O1. The van der Waals surface area contributed by atoms with Crippen molar-refractivity contribution in [3.63, 3.8) is 0 Å². The van der Waals surface area contributed by atoms with E-state index in [-0.39, 0.29) is 35.2 Å². The van der Waals surface area contributed by atoms with Crippen LogP contribution in [0.25, 0.3) is 0 Å². The fraction of sp³-hybridized carbons (Fsp3) is 0.679. The van der Waals surface area contributed by atoms with Crippen LogP contribution in [0, 0.1) is 11.3 Å². The largest absolute Gasteiger partial charge is 0.390 e. The molecule has 2 saturated heterocycles. The number of hydrogen-bond acceptors (Lipinski definition) is 6. The smallest absolute Gasteiger partial charge is 0.186 e. The monoisotopic (exact) mass is 468 g/mol. The molecule has 6 rings (SSSR count). The lowest BCUT2D eigenvalue weighted by molar-refractivity contribution is -0.207. The second-order valence-electron chi connectivity index (χ2n) is 12.0. The lowest BCUT2D eigenvalue weighted by atomic mass is 9.47. The molecule has 2 heterocycles. The molecule has 0 spiro atoms. The molecule has 3 fully saturated rings. The minimum Gasteiger partial charge on any atom is -0.390 e. The van der Waals surface area contributed by atoms with Gasteiger partial charge in [-0.25, -0.2) is 0 Å². The zero-order chi connectivity index (χ0) is 24.3. The number of aliphatic hydroxyl groups excluding tert-OH is 2. The molecule has 3 N–H and O–H groups in total. The van der Waals surface area contributed by atoms with Crippen LogP contribution in [0.4, 0.5) is 0 Å². The van der Waals surface area contributed by atoms with Gasteiger partial charge in [-0.2, -0.15) is 0 Å². The number of fused-ring (bicyclic) bond motifs is 6. The number of epoxide rings is 1. The fourth-order valence-corrected chi connectivity index (χ4v) is 7.80. The molecule has 1 aromatic carbocycles. The van der Waals surface area contributed by atoms with Crippen LogP contribution in [0.5, 0.6) is 0 Å². The molecule has 0 unspecified atom stereocenters. The third kappa shape index (κ3) is 2.72. The van der Waals surface area contributed by atoms with Crippen LogP contribution < -0.4 is 0 Å². The Hall–Kier alpha value is -1.57. The van der Waals surface area contributed by atoms with Crippen LogP contribution in [0.2, 0.25) is 0 Å². The number of carbonyl (C=O) groups excluding carboxylic acids is 1. The van der Waals surface area contributed by atoms with Crippen molar-refractivity contribution in [3.8, 4) is 0 Å². The summed E-state index contributed by atoms with van der Waals surface area (Å²) in [6, 6.07) is 6.53. The van der Waals surface area contributed by atoms with Gasteiger partial charge in [-0.3, -0.25) is 4.79 Å². The molecule has 10 atom stereocenters. The molecule has 5 aliphatic rings. The van der Waals surface area contributed by atoms with Gasteiger partial charge in [0, 0.05) is 12.3 Å². The van der Waals surface area contributed by atoms with Gasteiger partial charge in [-0.15, -0.1) is 0 Å². The van der Waals surface area contributed by atoms with Crippen LogP contribution in [-0.2, 0) is 20.7 Å². The molecule has 3 aliphatic carbocycles. The zero-order valence-corrected chi connectivity index (χ0v) is 20.5. The van der Waals surface area contributed by atoms with Crippen LogP contribution in [0.3, 0.4) is 0 Å². The molecular weight excluding hydrogens is 432 g/mol. The summed E-state index contributed by atoms with van der Waals surface area (Å²) < 4.78 is 11.8. The highest BCUT2D eigenvalue weighted by Crippen LogP contribution is 2.61. The first-order valence-corrected chi connectivity index (χ1v) is 12.7. The number of benzene rings is 1. The third-order valence-corrected chi connectivity index (χ3v) is 10.6. The molecule has 34 heavy (non-hydrogen) atoms. The van der Waals surface area contributed by atoms with Gasteiger partial charge in [0.05, 0.1) is 17.6 Å². The molecule has 0 bridgehead atoms. The second-order valence-corrected chi connectivity index (χ2v) is 12.0. The van der Waals surface area contributed by atoms with Crippen LogP contribution in [0.1, 0.15) is 81.9 Å². The van der Waals surface area contributed by atoms with E-state index in [1.807, 2.05) is 20.8 Å². The third-order valence-electron chi connectivity index (χ3n) is 10.6. The molecule has 1 saturated carbocycles. The van der Waals surface area contributed by atoms with Crippen LogP contribution >= 0.6 is 0 Å². The van der Waals surface area contributed by atoms with Crippen molar-refractivity contribution in [2.75, 3.05) is 0 Å². The van der Waals surface area contributed by atoms with E-state index >= 15 is 0 Å². The highest BCUT2D eigenvalue weighted by Gasteiger charge is 2.72. The normalized spacial score (nSPS) is 50.0. The molecule has 0 amide bonds. The molecule has 2 aliphatic heterocycles. The second kappa shape index (κ2) is 7.01. The van der Waals surface area contributed by atoms with Crippen molar-refractivity contribution in [3.05, 3.63) is 47.0 Å². The van der Waals surface area contributed by atoms with Crippen molar-refractivity contribution in [2.45, 2.75) is 107 Å². The summed E-state index contributed by atoms with van der Waals surface area (Å²) in [5.41, 5.74) is 0.258. The Labute approximate surface area is 201 Å². The van der Waals surface area contributed by atoms with Crippen LogP contribution in [-0.4, -0.2) is 56.4 Å². The summed E-state index contributed by atoms with van der Waals surface area (Å²) in [4.78, 5) is 13.1. The summed E-state index contributed by atoms with van der Waals surface area (Å²) in [5, 5.41) is 33.0. The van der Waals surface area contributed by atoms with Crippen molar-refractivity contribution in [2.24, 2.45) is 11.3 Å². The van der Waals surface area contributed by atoms with E-state index in [4.69, 9.17) is 9.47 Å². The van der Waals surface area contributed by atoms with Gasteiger partial charge in [-0.05, 0) is 81.1 Å². The van der Waals surface area contributed by atoms with E-state index in [0.29, 0.717) is 12.8 Å². The summed E-state index contributed by atoms with van der Waals surface area (Å²) >= 11 is 0. The number of aryl methyl sites for hydroxylation is 1. The Morgan fingerprint density at radius 1 is 1.18 bits per heavy atom. The number of rotatable bonds is 2. The Balaban J connectivity index is 1.29. The maximum Gasteiger partial charge on any atom is 0.186 e. The van der Waals surface area contributed by atoms with Crippen molar-refractivity contribution >= 4 is 5.78 Å². The lowest BCUT2D eigenvalue weighted by Gasteiger charge is -2.59. The van der Waals surface area contributed by atoms with E-state index in [0.717, 1.165) is 24.8 Å². The van der Waals surface area contributed by atoms with Gasteiger partial charge in [0.25, 0.3) is 0 Å². The van der Waals surface area contributed by atoms with Gasteiger partial charge >= 0.3 is 0 Å². The minimum atomic E-state index is -1.40. The van der Waals surface area contributed by atoms with Gasteiger partial charge in [0.1, 0.15) is 16.8 Å². The average molecular weight is 469 g/mol. The van der Waals surface area contributed by atoms with Gasteiger partial charge in [0.2, 0.25) is 0 Å². The van der Waals surface area contributed by atoms with E-state index in [9.17, 15) is 20.1 Å². The molecule has 6 nitrogen and oxygen atoms in total. The highest BCUT2D eigenvalue weighted by molar-refractivity contribution is 5.97. The number of carbonyl (C=O) groups is 1. The quantitative estimate of drug-likeness (QED) is 0.577. The molecule has 1 aromatic rings. The molecule has 184 valence electrons. The van der Waals surface area contributed by atoms with Crippen molar-refractivity contribution in [1.29, 1.82) is 0 Å². The van der Waals surface area contributed by atoms with E-state index in [1.165, 1.54) is 11.1 Å². The summed E-state index contributed by atoms with van der Waals surface area (Å²) in [6.07, 6.45) is 4.46. The van der Waals surface area contributed by atoms with Gasteiger partial charge in [0.15, 0.2) is 12.1 Å². The zero-order valence-electron chi connectivity index (χ0n) is 20.5. The summed E-state index contributed by atoms with van der Waals surface area (Å²) in [7, 11) is 0. The molecule has 6 heteroatoms. The first-order chi connectivity index (χ1) is 15.9. The minimum absolute atomic E-state index is 0.00408. The summed E-state index contributed by atoms with van der Waals surface area (Å²) in [6.45, 7) is 7.95. The number of allylic oxidation sites excluding steroid dienone is 1. The Kier molecular flexibility index (Phi) is 4.72. The van der Waals surface area contributed by atoms with E-state index in [2.05, 4.69) is 25.1 Å². The topological polar surface area (TPSA) is 99.5 Å². The summed E-state index contributed by atoms with van der Waals surface area (Å²) in [5.74, 6) is 0.0546. The predicted octanol–water partition coefficient (Wildman–Crippen LogP) is 3.12. The number of ether oxygens (including phenoxy) is 2.